The van der Waals surface area contributed by atoms with Gasteiger partial charge in [0, 0.05) is 33.4 Å². The van der Waals surface area contributed by atoms with Gasteiger partial charge in [0.15, 0.2) is 0 Å². The van der Waals surface area contributed by atoms with E-state index in [1.54, 1.807) is 7.11 Å². The van der Waals surface area contributed by atoms with Crippen LogP contribution in [0.3, 0.4) is 0 Å². The topological polar surface area (TPSA) is 15.7 Å². The van der Waals surface area contributed by atoms with E-state index in [0.717, 1.165) is 6.61 Å². The summed E-state index contributed by atoms with van der Waals surface area (Å²) in [4.78, 5) is 4.96. The molecule has 1 rings (SSSR count). The maximum Gasteiger partial charge on any atom is 0.0474 e. The summed E-state index contributed by atoms with van der Waals surface area (Å²) in [5.41, 5.74) is 0. The zero-order valence-electron chi connectivity index (χ0n) is 13.0. The highest BCUT2D eigenvalue weighted by Gasteiger charge is 2.10. The van der Waals surface area contributed by atoms with Gasteiger partial charge >= 0.3 is 0 Å². The lowest BCUT2D eigenvalue weighted by Gasteiger charge is -2.19. The van der Waals surface area contributed by atoms with Crippen LogP contribution in [0.25, 0.3) is 0 Å². The number of likely N-dealkylation sites (N-methyl/N-ethyl adjacent to an activating group) is 1. The molecule has 0 aromatic carbocycles. The first-order valence-corrected chi connectivity index (χ1v) is 7.23. The lowest BCUT2D eigenvalue weighted by molar-refractivity contribution is 0.173. The number of methoxy groups -OCH3 is 1. The van der Waals surface area contributed by atoms with Crippen molar-refractivity contribution in [3.63, 3.8) is 0 Å². The number of nitrogens with zero attached hydrogens (tertiary/aromatic N) is 2. The maximum atomic E-state index is 5.05. The Kier molecular flexibility index (Phi) is 18.0. The quantitative estimate of drug-likeness (QED) is 0.709. The molecule has 0 aromatic rings. The molecule has 0 bridgehead atoms. The van der Waals surface area contributed by atoms with E-state index < -0.39 is 0 Å². The van der Waals surface area contributed by atoms with Gasteiger partial charge in [-0.2, -0.15) is 0 Å². The van der Waals surface area contributed by atoms with E-state index in [9.17, 15) is 0 Å². The Bertz CT molecular complexity index is 131. The van der Waals surface area contributed by atoms with Gasteiger partial charge in [0.25, 0.3) is 0 Å². The standard InChI is InChI=1S/C10H22N2O.2C2H6/c1-11-5-3-6-12(9-8-11)7-4-10-13-2;2*1-2/h3-10H2,1-2H3;2*1-2H3. The highest BCUT2D eigenvalue weighted by molar-refractivity contribution is 4.66. The maximum absolute atomic E-state index is 5.05. The predicted molar refractivity (Wildman–Crippen MR) is 77.7 cm³/mol. The molecule has 0 aliphatic carbocycles. The van der Waals surface area contributed by atoms with E-state index in [2.05, 4.69) is 16.8 Å². The third-order valence-electron chi connectivity index (χ3n) is 2.63. The van der Waals surface area contributed by atoms with Crippen LogP contribution in [0.1, 0.15) is 40.5 Å². The zero-order chi connectivity index (χ0) is 13.5. The molecule has 0 radical (unpaired) electrons. The SMILES string of the molecule is CC.CC.COCCCN1CCCN(C)CC1. The van der Waals surface area contributed by atoms with Gasteiger partial charge in [-0.3, -0.25) is 0 Å². The molecular weight excluding hydrogens is 212 g/mol. The van der Waals surface area contributed by atoms with Crippen molar-refractivity contribution in [1.82, 2.24) is 9.80 Å². The van der Waals surface area contributed by atoms with E-state index in [1.165, 1.54) is 45.6 Å². The number of rotatable bonds is 4. The van der Waals surface area contributed by atoms with Crippen LogP contribution < -0.4 is 0 Å². The molecule has 1 heterocycles. The third-order valence-corrected chi connectivity index (χ3v) is 2.63. The lowest BCUT2D eigenvalue weighted by atomic mass is 10.3. The van der Waals surface area contributed by atoms with Crippen molar-refractivity contribution >= 4 is 0 Å². The number of hydrogen-bond acceptors (Lipinski definition) is 3. The summed E-state index contributed by atoms with van der Waals surface area (Å²) in [6.07, 6.45) is 2.48. The van der Waals surface area contributed by atoms with Gasteiger partial charge < -0.3 is 14.5 Å². The molecule has 1 saturated heterocycles. The fraction of sp³-hybridized carbons (Fsp3) is 1.00. The molecule has 0 atom stereocenters. The summed E-state index contributed by atoms with van der Waals surface area (Å²) >= 11 is 0. The van der Waals surface area contributed by atoms with Gasteiger partial charge in [-0.25, -0.2) is 0 Å². The smallest absolute Gasteiger partial charge is 0.0474 e. The van der Waals surface area contributed by atoms with Crippen molar-refractivity contribution in [2.24, 2.45) is 0 Å². The van der Waals surface area contributed by atoms with Crippen LogP contribution in [0.5, 0.6) is 0 Å². The minimum absolute atomic E-state index is 0.895. The Labute approximate surface area is 109 Å². The van der Waals surface area contributed by atoms with Gasteiger partial charge in [-0.15, -0.1) is 0 Å². The average molecular weight is 246 g/mol. The second-order valence-electron chi connectivity index (χ2n) is 3.84. The van der Waals surface area contributed by atoms with Crippen LogP contribution >= 0.6 is 0 Å². The Hall–Kier alpha value is -0.120. The van der Waals surface area contributed by atoms with E-state index in [1.807, 2.05) is 27.7 Å². The molecule has 0 aromatic heterocycles. The first-order valence-electron chi connectivity index (χ1n) is 7.23. The zero-order valence-corrected chi connectivity index (χ0v) is 13.0. The normalized spacial score (nSPS) is 17.3. The molecule has 3 heteroatoms. The van der Waals surface area contributed by atoms with Gasteiger partial charge in [0.2, 0.25) is 0 Å². The van der Waals surface area contributed by atoms with Gasteiger partial charge in [-0.1, -0.05) is 27.7 Å². The predicted octanol–water partition coefficient (Wildman–Crippen LogP) is 2.71. The molecule has 1 aliphatic heterocycles. The molecule has 0 amide bonds. The number of ether oxygens (including phenoxy) is 1. The van der Waals surface area contributed by atoms with Crippen molar-refractivity contribution < 1.29 is 4.74 Å². The molecule has 0 saturated carbocycles. The minimum Gasteiger partial charge on any atom is -0.385 e. The highest BCUT2D eigenvalue weighted by Crippen LogP contribution is 2.01. The molecule has 0 N–H and O–H groups in total. The van der Waals surface area contributed by atoms with Crippen LogP contribution in [0.15, 0.2) is 0 Å². The molecule has 1 fully saturated rings. The summed E-state index contributed by atoms with van der Waals surface area (Å²) in [5.74, 6) is 0. The second-order valence-corrected chi connectivity index (χ2v) is 3.84. The molecule has 0 unspecified atom stereocenters. The Morgan fingerprint density at radius 3 is 2.18 bits per heavy atom. The van der Waals surface area contributed by atoms with E-state index >= 15 is 0 Å². The van der Waals surface area contributed by atoms with Crippen molar-refractivity contribution in [2.75, 3.05) is 53.5 Å². The largest absolute Gasteiger partial charge is 0.385 e. The van der Waals surface area contributed by atoms with Crippen molar-refractivity contribution in [2.45, 2.75) is 40.5 Å². The fourth-order valence-corrected chi connectivity index (χ4v) is 1.76. The first-order chi connectivity index (χ1) is 8.33. The Morgan fingerprint density at radius 1 is 0.941 bits per heavy atom. The van der Waals surface area contributed by atoms with E-state index in [-0.39, 0.29) is 0 Å². The van der Waals surface area contributed by atoms with Crippen molar-refractivity contribution in [3.8, 4) is 0 Å². The second kappa shape index (κ2) is 15.9. The summed E-state index contributed by atoms with van der Waals surface area (Å²) in [5, 5.41) is 0. The first kappa shape index (κ1) is 19.2. The van der Waals surface area contributed by atoms with Gasteiger partial charge in [0.1, 0.15) is 0 Å². The van der Waals surface area contributed by atoms with Gasteiger partial charge in [0.05, 0.1) is 0 Å². The van der Waals surface area contributed by atoms with Crippen LogP contribution in [-0.4, -0.2) is 63.3 Å². The minimum atomic E-state index is 0.895. The summed E-state index contributed by atoms with van der Waals surface area (Å²) in [6.45, 7) is 15.0. The van der Waals surface area contributed by atoms with Crippen molar-refractivity contribution in [1.29, 1.82) is 0 Å². The molecular formula is C14H34N2O. The highest BCUT2D eigenvalue weighted by atomic mass is 16.5. The molecule has 106 valence electrons. The lowest BCUT2D eigenvalue weighted by Crippen LogP contribution is -2.30. The van der Waals surface area contributed by atoms with Crippen LogP contribution in [0.2, 0.25) is 0 Å². The third kappa shape index (κ3) is 12.1. The molecule has 1 aliphatic rings. The summed E-state index contributed by atoms with van der Waals surface area (Å²) in [7, 11) is 3.98. The summed E-state index contributed by atoms with van der Waals surface area (Å²) < 4.78 is 5.05. The molecule has 3 nitrogen and oxygen atoms in total. The number of hydrogen-bond donors (Lipinski definition) is 0. The summed E-state index contributed by atoms with van der Waals surface area (Å²) in [6, 6.07) is 0. The molecule has 0 spiro atoms. The monoisotopic (exact) mass is 246 g/mol. The Morgan fingerprint density at radius 2 is 1.59 bits per heavy atom. The van der Waals surface area contributed by atoms with Crippen molar-refractivity contribution in [3.05, 3.63) is 0 Å². The van der Waals surface area contributed by atoms with E-state index in [4.69, 9.17) is 4.74 Å². The fourth-order valence-electron chi connectivity index (χ4n) is 1.76. The molecule has 17 heavy (non-hydrogen) atoms. The van der Waals surface area contributed by atoms with Crippen LogP contribution in [0.4, 0.5) is 0 Å². The average Bonchev–Trinajstić information content (AvgIpc) is 2.60. The van der Waals surface area contributed by atoms with E-state index in [0.29, 0.717) is 0 Å². The Balaban J connectivity index is 0. The van der Waals surface area contributed by atoms with Crippen LogP contribution in [0, 0.1) is 0 Å². The van der Waals surface area contributed by atoms with Gasteiger partial charge in [-0.05, 0) is 33.0 Å². The van der Waals surface area contributed by atoms with Crippen LogP contribution in [-0.2, 0) is 4.74 Å².